The summed E-state index contributed by atoms with van der Waals surface area (Å²) in [5, 5.41) is 2.99. The van der Waals surface area contributed by atoms with Crippen molar-refractivity contribution in [1.29, 1.82) is 0 Å². The lowest BCUT2D eigenvalue weighted by Gasteiger charge is -2.38. The van der Waals surface area contributed by atoms with Gasteiger partial charge in [0.05, 0.1) is 12.2 Å². The number of rotatable bonds is 5. The molecule has 0 unspecified atom stereocenters. The van der Waals surface area contributed by atoms with Crippen LogP contribution in [-0.4, -0.2) is 42.1 Å². The smallest absolute Gasteiger partial charge is 0.220 e. The van der Waals surface area contributed by atoms with Crippen LogP contribution in [0.3, 0.4) is 0 Å². The molecule has 132 valence electrons. The van der Waals surface area contributed by atoms with Crippen molar-refractivity contribution in [3.63, 3.8) is 0 Å². The Balaban J connectivity index is 1.45. The maximum Gasteiger partial charge on any atom is 0.220 e. The molecule has 2 aliphatic rings. The molecule has 4 nitrogen and oxygen atoms in total. The number of ether oxygens (including phenoxy) is 1. The summed E-state index contributed by atoms with van der Waals surface area (Å²) >= 11 is 0. The maximum absolute atomic E-state index is 12.0. The molecule has 0 bridgehead atoms. The van der Waals surface area contributed by atoms with Crippen molar-refractivity contribution >= 4 is 5.91 Å². The van der Waals surface area contributed by atoms with Gasteiger partial charge in [-0.2, -0.15) is 0 Å². The molecule has 3 rings (SSSR count). The van der Waals surface area contributed by atoms with Gasteiger partial charge in [-0.25, -0.2) is 0 Å². The summed E-state index contributed by atoms with van der Waals surface area (Å²) in [7, 11) is 0. The van der Waals surface area contributed by atoms with E-state index in [4.69, 9.17) is 4.74 Å². The minimum absolute atomic E-state index is 0.0238. The number of piperidine rings is 1. The number of nitrogens with zero attached hydrogens (tertiary/aromatic N) is 1. The van der Waals surface area contributed by atoms with Crippen molar-refractivity contribution in [3.8, 4) is 0 Å². The van der Waals surface area contributed by atoms with E-state index in [0.29, 0.717) is 12.3 Å². The van der Waals surface area contributed by atoms with Crippen LogP contribution in [0.4, 0.5) is 0 Å². The Hall–Kier alpha value is -1.39. The second-order valence-corrected chi connectivity index (χ2v) is 7.75. The van der Waals surface area contributed by atoms with Crippen molar-refractivity contribution < 1.29 is 9.53 Å². The zero-order valence-corrected chi connectivity index (χ0v) is 15.0. The van der Waals surface area contributed by atoms with E-state index in [1.165, 1.54) is 5.56 Å². The van der Waals surface area contributed by atoms with Crippen LogP contribution < -0.4 is 5.32 Å². The van der Waals surface area contributed by atoms with Gasteiger partial charge in [0.15, 0.2) is 0 Å². The highest BCUT2D eigenvalue weighted by molar-refractivity contribution is 5.76. The molecule has 2 aliphatic heterocycles. The zero-order chi connectivity index (χ0) is 17.0. The van der Waals surface area contributed by atoms with Gasteiger partial charge >= 0.3 is 0 Å². The average Bonchev–Trinajstić information content (AvgIpc) is 2.92. The molecule has 0 aliphatic carbocycles. The highest BCUT2D eigenvalue weighted by atomic mass is 16.5. The van der Waals surface area contributed by atoms with Gasteiger partial charge in [0, 0.05) is 32.1 Å². The molecular weight excluding hydrogens is 300 g/mol. The normalized spacial score (nSPS) is 23.7. The van der Waals surface area contributed by atoms with Crippen LogP contribution in [-0.2, 0) is 16.1 Å². The number of amides is 1. The van der Waals surface area contributed by atoms with Crippen LogP contribution in [0.15, 0.2) is 30.3 Å². The van der Waals surface area contributed by atoms with E-state index in [-0.39, 0.29) is 17.6 Å². The Labute approximate surface area is 145 Å². The first kappa shape index (κ1) is 17.4. The topological polar surface area (TPSA) is 41.6 Å². The fourth-order valence-corrected chi connectivity index (χ4v) is 4.02. The molecule has 0 saturated carbocycles. The molecule has 24 heavy (non-hydrogen) atoms. The summed E-state index contributed by atoms with van der Waals surface area (Å²) in [6.45, 7) is 7.95. The van der Waals surface area contributed by atoms with Gasteiger partial charge in [-0.05, 0) is 44.6 Å². The predicted molar refractivity (Wildman–Crippen MR) is 95.6 cm³/mol. The average molecular weight is 330 g/mol. The molecule has 1 spiro atoms. The van der Waals surface area contributed by atoms with E-state index in [9.17, 15) is 4.79 Å². The Kier molecular flexibility index (Phi) is 5.57. The summed E-state index contributed by atoms with van der Waals surface area (Å²) in [6, 6.07) is 10.9. The van der Waals surface area contributed by atoms with Gasteiger partial charge in [0.1, 0.15) is 0 Å². The number of hydrogen-bond acceptors (Lipinski definition) is 3. The molecule has 2 heterocycles. The first-order valence-corrected chi connectivity index (χ1v) is 9.24. The number of carbonyl (C=O) groups excluding carboxylic acids is 1. The monoisotopic (exact) mass is 330 g/mol. The highest BCUT2D eigenvalue weighted by Crippen LogP contribution is 2.39. The number of nitrogens with one attached hydrogen (secondary N) is 1. The van der Waals surface area contributed by atoms with Crippen LogP contribution >= 0.6 is 0 Å². The quantitative estimate of drug-likeness (QED) is 0.902. The lowest BCUT2D eigenvalue weighted by atomic mass is 9.84. The fraction of sp³-hybridized carbons (Fsp3) is 0.650. The largest absolute Gasteiger partial charge is 0.375 e. The third-order valence-corrected chi connectivity index (χ3v) is 5.23. The van der Waals surface area contributed by atoms with E-state index in [0.717, 1.165) is 45.5 Å². The number of likely N-dealkylation sites (tertiary alicyclic amines) is 1. The standard InChI is InChI=1S/C20H30N2O2/c1-16(2)21-19(23)12-18-13-20(24-15-18)8-10-22(11-9-20)14-17-6-4-3-5-7-17/h3-7,16,18H,8-15H2,1-2H3,(H,21,23)/t18-/m0/s1. The molecule has 0 radical (unpaired) electrons. The second-order valence-electron chi connectivity index (χ2n) is 7.75. The molecule has 2 saturated heterocycles. The molecule has 2 fully saturated rings. The van der Waals surface area contributed by atoms with Crippen LogP contribution in [0.1, 0.15) is 45.1 Å². The molecule has 1 aromatic carbocycles. The number of hydrogen-bond donors (Lipinski definition) is 1. The molecular formula is C20H30N2O2. The van der Waals surface area contributed by atoms with E-state index in [2.05, 4.69) is 40.5 Å². The SMILES string of the molecule is CC(C)NC(=O)C[C@@H]1COC2(CCN(Cc3ccccc3)CC2)C1. The van der Waals surface area contributed by atoms with Gasteiger partial charge in [0.25, 0.3) is 0 Å². The lowest BCUT2D eigenvalue weighted by molar-refractivity contribution is -0.122. The first-order valence-electron chi connectivity index (χ1n) is 9.24. The highest BCUT2D eigenvalue weighted by Gasteiger charge is 2.42. The molecule has 1 atom stereocenters. The van der Waals surface area contributed by atoms with Crippen molar-refractivity contribution in [3.05, 3.63) is 35.9 Å². The van der Waals surface area contributed by atoms with Crippen molar-refractivity contribution in [2.75, 3.05) is 19.7 Å². The van der Waals surface area contributed by atoms with Gasteiger partial charge < -0.3 is 10.1 Å². The van der Waals surface area contributed by atoms with Gasteiger partial charge in [-0.15, -0.1) is 0 Å². The van der Waals surface area contributed by atoms with Gasteiger partial charge in [-0.1, -0.05) is 30.3 Å². The van der Waals surface area contributed by atoms with Crippen molar-refractivity contribution in [1.82, 2.24) is 10.2 Å². The van der Waals surface area contributed by atoms with Gasteiger partial charge in [-0.3, -0.25) is 9.69 Å². The molecule has 0 aromatic heterocycles. The minimum atomic E-state index is 0.0238. The summed E-state index contributed by atoms with van der Waals surface area (Å²) < 4.78 is 6.19. The number of carbonyl (C=O) groups is 1. The molecule has 1 aromatic rings. The molecule has 1 amide bonds. The molecule has 1 N–H and O–H groups in total. The van der Waals surface area contributed by atoms with Crippen LogP contribution in [0, 0.1) is 5.92 Å². The second kappa shape index (κ2) is 7.66. The van der Waals surface area contributed by atoms with E-state index < -0.39 is 0 Å². The fourth-order valence-electron chi connectivity index (χ4n) is 4.02. The Bertz CT molecular complexity index is 536. The van der Waals surface area contributed by atoms with Gasteiger partial charge in [0.2, 0.25) is 5.91 Å². The maximum atomic E-state index is 12.0. The van der Waals surface area contributed by atoms with Crippen LogP contribution in [0.2, 0.25) is 0 Å². The van der Waals surface area contributed by atoms with Crippen molar-refractivity contribution in [2.45, 2.75) is 57.7 Å². The first-order chi connectivity index (χ1) is 11.5. The third kappa shape index (κ3) is 4.58. The zero-order valence-electron chi connectivity index (χ0n) is 15.0. The Morgan fingerprint density at radius 2 is 2.00 bits per heavy atom. The summed E-state index contributed by atoms with van der Waals surface area (Å²) in [4.78, 5) is 14.5. The lowest BCUT2D eigenvalue weighted by Crippen LogP contribution is -2.43. The van der Waals surface area contributed by atoms with Crippen LogP contribution in [0.25, 0.3) is 0 Å². The molecule has 4 heteroatoms. The summed E-state index contributed by atoms with van der Waals surface area (Å²) in [5.74, 6) is 0.543. The predicted octanol–water partition coefficient (Wildman–Crippen LogP) is 2.97. The number of benzene rings is 1. The minimum Gasteiger partial charge on any atom is -0.375 e. The summed E-state index contributed by atoms with van der Waals surface area (Å²) in [6.07, 6.45) is 3.82. The Morgan fingerprint density at radius 3 is 2.67 bits per heavy atom. The van der Waals surface area contributed by atoms with E-state index in [1.807, 2.05) is 13.8 Å². The Morgan fingerprint density at radius 1 is 1.29 bits per heavy atom. The summed E-state index contributed by atoms with van der Waals surface area (Å²) in [5.41, 5.74) is 1.40. The van der Waals surface area contributed by atoms with Crippen LogP contribution in [0.5, 0.6) is 0 Å². The van der Waals surface area contributed by atoms with E-state index >= 15 is 0 Å². The third-order valence-electron chi connectivity index (χ3n) is 5.23. The van der Waals surface area contributed by atoms with Crippen molar-refractivity contribution in [2.24, 2.45) is 5.92 Å². The van der Waals surface area contributed by atoms with E-state index in [1.54, 1.807) is 0 Å².